The number of halogens is 2. The Morgan fingerprint density at radius 1 is 1.05 bits per heavy atom. The fraction of sp³-hybridized carbons (Fsp3) is 0.179. The van der Waals surface area contributed by atoms with E-state index < -0.39 is 17.3 Å². The van der Waals surface area contributed by atoms with Crippen LogP contribution in [0.4, 0.5) is 4.39 Å². The molecule has 9 heteroatoms. The average molecular weight is 522 g/mol. The molecule has 0 aliphatic heterocycles. The van der Waals surface area contributed by atoms with Crippen molar-refractivity contribution in [2.45, 2.75) is 12.5 Å². The fourth-order valence-corrected chi connectivity index (χ4v) is 3.98. The number of nitrogens with one attached hydrogen (secondary N) is 1. The van der Waals surface area contributed by atoms with Gasteiger partial charge in [-0.3, -0.25) is 9.78 Å². The number of rotatable bonds is 8. The molecule has 0 fully saturated rings. The van der Waals surface area contributed by atoms with Crippen LogP contribution in [0, 0.1) is 5.82 Å². The highest BCUT2D eigenvalue weighted by Gasteiger charge is 2.27. The minimum Gasteiger partial charge on any atom is -0.496 e. The van der Waals surface area contributed by atoms with Gasteiger partial charge in [0, 0.05) is 34.6 Å². The fourth-order valence-electron chi connectivity index (χ4n) is 3.80. The Labute approximate surface area is 218 Å². The number of benzene rings is 2. The lowest BCUT2D eigenvalue weighted by Gasteiger charge is -2.24. The van der Waals surface area contributed by atoms with Gasteiger partial charge in [0.2, 0.25) is 0 Å². The van der Waals surface area contributed by atoms with E-state index in [-0.39, 0.29) is 17.3 Å². The summed E-state index contributed by atoms with van der Waals surface area (Å²) in [7, 11) is 3.01. The van der Waals surface area contributed by atoms with Crippen LogP contribution in [0.2, 0.25) is 5.02 Å². The second-order valence-electron chi connectivity index (χ2n) is 8.49. The highest BCUT2D eigenvalue weighted by molar-refractivity contribution is 6.31. The van der Waals surface area contributed by atoms with Crippen molar-refractivity contribution < 1.29 is 23.8 Å². The van der Waals surface area contributed by atoms with Crippen LogP contribution in [0.3, 0.4) is 0 Å². The predicted molar refractivity (Wildman–Crippen MR) is 139 cm³/mol. The van der Waals surface area contributed by atoms with Gasteiger partial charge < -0.3 is 19.9 Å². The Kier molecular flexibility index (Phi) is 7.71. The lowest BCUT2D eigenvalue weighted by atomic mass is 9.99. The molecule has 4 aromatic rings. The molecule has 1 amide bonds. The number of methoxy groups -OCH3 is 2. The summed E-state index contributed by atoms with van der Waals surface area (Å²) in [4.78, 5) is 21.6. The molecule has 0 radical (unpaired) electrons. The molecule has 2 heterocycles. The Hall–Kier alpha value is -4.01. The van der Waals surface area contributed by atoms with Crippen LogP contribution in [0.5, 0.6) is 11.5 Å². The van der Waals surface area contributed by atoms with Crippen molar-refractivity contribution in [3.05, 3.63) is 95.2 Å². The first-order chi connectivity index (χ1) is 17.7. The highest BCUT2D eigenvalue weighted by Crippen LogP contribution is 2.33. The summed E-state index contributed by atoms with van der Waals surface area (Å²) in [5.41, 5.74) is 1.68. The smallest absolute Gasteiger partial charge is 0.251 e. The second kappa shape index (κ2) is 10.9. The minimum absolute atomic E-state index is 0.0595. The van der Waals surface area contributed by atoms with Gasteiger partial charge in [-0.2, -0.15) is 0 Å². The van der Waals surface area contributed by atoms with Gasteiger partial charge in [0.15, 0.2) is 0 Å². The molecule has 2 N–H and O–H groups in total. The minimum atomic E-state index is -1.53. The molecule has 1 atom stereocenters. The van der Waals surface area contributed by atoms with E-state index >= 15 is 0 Å². The highest BCUT2D eigenvalue weighted by atomic mass is 35.5. The SMILES string of the molecule is COc1cc(C(=O)NCC(C)(O)c2ccc(OC)c(-c3ccc(F)c(Cl)c3)n2)ccc1-c1cccnc1. The van der Waals surface area contributed by atoms with E-state index in [0.29, 0.717) is 28.3 Å². The van der Waals surface area contributed by atoms with Crippen LogP contribution in [0.15, 0.2) is 73.1 Å². The third-order valence-corrected chi connectivity index (χ3v) is 6.14. The van der Waals surface area contributed by atoms with E-state index in [2.05, 4.69) is 15.3 Å². The number of hydrogen-bond donors (Lipinski definition) is 2. The number of carbonyl (C=O) groups excluding carboxylic acids is 1. The molecule has 2 aromatic heterocycles. The summed E-state index contributed by atoms with van der Waals surface area (Å²) in [5, 5.41) is 13.9. The molecule has 7 nitrogen and oxygen atoms in total. The zero-order valence-corrected chi connectivity index (χ0v) is 21.2. The van der Waals surface area contributed by atoms with Crippen molar-refractivity contribution in [2.24, 2.45) is 0 Å². The molecule has 190 valence electrons. The van der Waals surface area contributed by atoms with E-state index in [9.17, 15) is 14.3 Å². The molecule has 0 aliphatic rings. The molecule has 0 aliphatic carbocycles. The molecular weight excluding hydrogens is 497 g/mol. The number of pyridine rings is 2. The first-order valence-electron chi connectivity index (χ1n) is 11.3. The zero-order chi connectivity index (χ0) is 26.6. The van der Waals surface area contributed by atoms with Crippen molar-refractivity contribution in [2.75, 3.05) is 20.8 Å². The Morgan fingerprint density at radius 2 is 1.84 bits per heavy atom. The second-order valence-corrected chi connectivity index (χ2v) is 8.90. The van der Waals surface area contributed by atoms with Crippen molar-refractivity contribution in [3.63, 3.8) is 0 Å². The van der Waals surface area contributed by atoms with Crippen molar-refractivity contribution in [3.8, 4) is 33.9 Å². The topological polar surface area (TPSA) is 93.6 Å². The third-order valence-electron chi connectivity index (χ3n) is 5.85. The Morgan fingerprint density at radius 3 is 2.51 bits per heavy atom. The number of hydrogen-bond acceptors (Lipinski definition) is 6. The molecule has 0 spiro atoms. The number of amides is 1. The molecule has 0 bridgehead atoms. The zero-order valence-electron chi connectivity index (χ0n) is 20.5. The molecule has 2 aromatic carbocycles. The number of aliphatic hydroxyl groups is 1. The quantitative estimate of drug-likeness (QED) is 0.328. The van der Waals surface area contributed by atoms with Gasteiger partial charge in [0.1, 0.15) is 28.6 Å². The maximum absolute atomic E-state index is 13.7. The average Bonchev–Trinajstić information content (AvgIpc) is 2.93. The summed E-state index contributed by atoms with van der Waals surface area (Å²) in [6.45, 7) is 1.41. The number of carbonyl (C=O) groups is 1. The van der Waals surface area contributed by atoms with E-state index in [1.807, 2.05) is 12.1 Å². The standard InChI is InChI=1S/C28H25ClFN3O4/c1-28(35,25-11-10-23(36-2)26(33-25)17-7-9-22(30)21(29)13-17)16-32-27(34)18-6-8-20(24(14-18)37-3)19-5-4-12-31-15-19/h4-15,35H,16H2,1-3H3,(H,32,34). The lowest BCUT2D eigenvalue weighted by Crippen LogP contribution is -2.39. The van der Waals surface area contributed by atoms with Crippen LogP contribution in [0.1, 0.15) is 23.0 Å². The van der Waals surface area contributed by atoms with Gasteiger partial charge in [-0.15, -0.1) is 0 Å². The van der Waals surface area contributed by atoms with Gasteiger partial charge >= 0.3 is 0 Å². The van der Waals surface area contributed by atoms with Gasteiger partial charge in [-0.05, 0) is 61.5 Å². The summed E-state index contributed by atoms with van der Waals surface area (Å²) in [5.74, 6) is -0.00500. The van der Waals surface area contributed by atoms with Gasteiger partial charge in [-0.25, -0.2) is 9.37 Å². The largest absolute Gasteiger partial charge is 0.496 e. The van der Waals surface area contributed by atoms with Crippen LogP contribution < -0.4 is 14.8 Å². The van der Waals surface area contributed by atoms with Crippen molar-refractivity contribution in [1.29, 1.82) is 0 Å². The van der Waals surface area contributed by atoms with E-state index in [4.69, 9.17) is 21.1 Å². The van der Waals surface area contributed by atoms with Crippen LogP contribution >= 0.6 is 11.6 Å². The Bertz CT molecular complexity index is 1430. The monoisotopic (exact) mass is 521 g/mol. The molecular formula is C28H25ClFN3O4. The van der Waals surface area contributed by atoms with E-state index in [1.165, 1.54) is 39.3 Å². The summed E-state index contributed by atoms with van der Waals surface area (Å²) < 4.78 is 24.5. The number of nitrogens with zero attached hydrogens (tertiary/aromatic N) is 2. The molecule has 4 rings (SSSR count). The maximum Gasteiger partial charge on any atom is 0.251 e. The lowest BCUT2D eigenvalue weighted by molar-refractivity contribution is 0.0489. The van der Waals surface area contributed by atoms with Gasteiger partial charge in [0.25, 0.3) is 5.91 Å². The van der Waals surface area contributed by atoms with Crippen LogP contribution in [-0.4, -0.2) is 41.7 Å². The van der Waals surface area contributed by atoms with E-state index in [0.717, 1.165) is 11.1 Å². The Balaban J connectivity index is 1.54. The first kappa shape index (κ1) is 26.1. The van der Waals surface area contributed by atoms with Gasteiger partial charge in [0.05, 0.1) is 31.5 Å². The van der Waals surface area contributed by atoms with Crippen LogP contribution in [0.25, 0.3) is 22.4 Å². The predicted octanol–water partition coefficient (Wildman–Crippen LogP) is 5.26. The maximum atomic E-state index is 13.7. The number of aromatic nitrogens is 2. The summed E-state index contributed by atoms with van der Waals surface area (Å²) in [6.07, 6.45) is 3.39. The molecule has 0 saturated carbocycles. The first-order valence-corrected chi connectivity index (χ1v) is 11.7. The van der Waals surface area contributed by atoms with E-state index in [1.54, 1.807) is 42.7 Å². The molecule has 37 heavy (non-hydrogen) atoms. The molecule has 1 unspecified atom stereocenters. The molecule has 0 saturated heterocycles. The number of ether oxygens (including phenoxy) is 2. The van der Waals surface area contributed by atoms with Gasteiger partial charge in [-0.1, -0.05) is 17.7 Å². The van der Waals surface area contributed by atoms with Crippen LogP contribution in [-0.2, 0) is 5.60 Å². The summed E-state index contributed by atoms with van der Waals surface area (Å²) >= 11 is 5.95. The third kappa shape index (κ3) is 5.71. The normalized spacial score (nSPS) is 12.5. The van der Waals surface area contributed by atoms with Crippen molar-refractivity contribution >= 4 is 17.5 Å². The van der Waals surface area contributed by atoms with Crippen molar-refractivity contribution in [1.82, 2.24) is 15.3 Å². The summed E-state index contributed by atoms with van der Waals surface area (Å²) in [6, 6.07) is 16.3.